The van der Waals surface area contributed by atoms with E-state index in [-0.39, 0.29) is 0 Å². The van der Waals surface area contributed by atoms with E-state index in [0.29, 0.717) is 6.67 Å². The summed E-state index contributed by atoms with van der Waals surface area (Å²) in [6.45, 7) is 4.93. The lowest BCUT2D eigenvalue weighted by atomic mass is 9.98. The van der Waals surface area contributed by atoms with Crippen LogP contribution in [-0.2, 0) is 6.42 Å². The molecule has 0 fully saturated rings. The van der Waals surface area contributed by atoms with Crippen molar-refractivity contribution in [3.63, 3.8) is 0 Å². The van der Waals surface area contributed by atoms with Gasteiger partial charge in [-0.1, -0.05) is 12.2 Å². The average molecular weight is 184 g/mol. The summed E-state index contributed by atoms with van der Waals surface area (Å²) in [5, 5.41) is 2.25. The minimum Gasteiger partial charge on any atom is -0.259 e. The van der Waals surface area contributed by atoms with Gasteiger partial charge in [-0.3, -0.25) is 9.98 Å². The number of allylic oxidation sites excluding steroid dienone is 1. The fraction of sp³-hybridized carbons (Fsp3) is 0.333. The number of rotatable bonds is 0. The number of hydrogen-bond acceptors (Lipinski definition) is 2. The van der Waals surface area contributed by atoms with Crippen LogP contribution in [-0.4, -0.2) is 6.67 Å². The average Bonchev–Trinajstić information content (AvgIpc) is 2.82. The molecule has 1 aromatic rings. The molecular weight excluding hydrogens is 172 g/mol. The molecular formula is C12H12N2. The predicted molar refractivity (Wildman–Crippen MR) is 55.8 cm³/mol. The van der Waals surface area contributed by atoms with Gasteiger partial charge in [0.15, 0.2) is 0 Å². The highest BCUT2D eigenvalue weighted by Gasteiger charge is 2.16. The minimum absolute atomic E-state index is 0.615. The Morgan fingerprint density at radius 1 is 1.07 bits per heavy atom. The zero-order valence-corrected chi connectivity index (χ0v) is 8.46. The largest absolute Gasteiger partial charge is 0.259 e. The minimum atomic E-state index is 0.615. The Morgan fingerprint density at radius 3 is 2.57 bits per heavy atom. The summed E-state index contributed by atoms with van der Waals surface area (Å²) in [5.41, 5.74) is 5.45. The van der Waals surface area contributed by atoms with E-state index in [1.807, 2.05) is 0 Å². The molecule has 1 aromatic carbocycles. The number of fused-ring (bicyclic) bond motifs is 2. The molecule has 14 heavy (non-hydrogen) atoms. The van der Waals surface area contributed by atoms with Crippen molar-refractivity contribution in [2.45, 2.75) is 20.3 Å². The molecule has 0 radical (unpaired) electrons. The summed E-state index contributed by atoms with van der Waals surface area (Å²) in [5.74, 6) is 0. The van der Waals surface area contributed by atoms with E-state index >= 15 is 0 Å². The summed E-state index contributed by atoms with van der Waals surface area (Å²) in [4.78, 5) is 8.88. The summed E-state index contributed by atoms with van der Waals surface area (Å²) in [6, 6.07) is 0. The van der Waals surface area contributed by atoms with Crippen LogP contribution in [0.2, 0.25) is 0 Å². The maximum Gasteiger partial charge on any atom is 0.130 e. The van der Waals surface area contributed by atoms with E-state index < -0.39 is 0 Å². The summed E-state index contributed by atoms with van der Waals surface area (Å²) < 4.78 is 0. The standard InChI is InChI=1S/C12H12N2/c1-7-9-4-3-5-10(9)8(2)12-11(7)13-6-14-12/h3-4H,5-6H2,1-2H3. The second-order valence-corrected chi connectivity index (χ2v) is 3.90. The van der Waals surface area contributed by atoms with E-state index in [4.69, 9.17) is 0 Å². The summed E-state index contributed by atoms with van der Waals surface area (Å²) >= 11 is 0. The maximum atomic E-state index is 4.44. The molecule has 70 valence electrons. The molecule has 2 heteroatoms. The van der Waals surface area contributed by atoms with Crippen LogP contribution in [0.3, 0.4) is 0 Å². The number of hydrogen-bond donors (Lipinski definition) is 0. The molecule has 1 heterocycles. The first-order valence-electron chi connectivity index (χ1n) is 4.96. The van der Waals surface area contributed by atoms with Crippen molar-refractivity contribution in [1.29, 1.82) is 0 Å². The van der Waals surface area contributed by atoms with Gasteiger partial charge >= 0.3 is 0 Å². The van der Waals surface area contributed by atoms with Gasteiger partial charge in [0.2, 0.25) is 0 Å². The Labute approximate surface area is 82.7 Å². The Morgan fingerprint density at radius 2 is 1.79 bits per heavy atom. The van der Waals surface area contributed by atoms with E-state index in [2.05, 4.69) is 36.0 Å². The Bertz CT molecular complexity index is 565. The van der Waals surface area contributed by atoms with Crippen LogP contribution in [0.5, 0.6) is 0 Å². The second kappa shape index (κ2) is 2.53. The van der Waals surface area contributed by atoms with Gasteiger partial charge in [-0.25, -0.2) is 0 Å². The third-order valence-corrected chi connectivity index (χ3v) is 3.18. The van der Waals surface area contributed by atoms with E-state index in [9.17, 15) is 0 Å². The third kappa shape index (κ3) is 0.808. The second-order valence-electron chi connectivity index (χ2n) is 3.90. The van der Waals surface area contributed by atoms with Crippen molar-refractivity contribution in [2.24, 2.45) is 9.98 Å². The van der Waals surface area contributed by atoms with Crippen molar-refractivity contribution in [2.75, 3.05) is 6.67 Å². The zero-order valence-electron chi connectivity index (χ0n) is 8.46. The molecule has 0 saturated carbocycles. The van der Waals surface area contributed by atoms with Crippen LogP contribution in [0.1, 0.15) is 22.3 Å². The van der Waals surface area contributed by atoms with E-state index in [0.717, 1.165) is 17.1 Å². The highest BCUT2D eigenvalue weighted by Crippen LogP contribution is 2.22. The molecule has 0 unspecified atom stereocenters. The molecule has 2 aliphatic rings. The molecule has 0 amide bonds. The van der Waals surface area contributed by atoms with Gasteiger partial charge in [0.05, 0.1) is 10.7 Å². The highest BCUT2D eigenvalue weighted by atomic mass is 15.0. The van der Waals surface area contributed by atoms with E-state index in [1.165, 1.54) is 22.3 Å². The molecule has 0 saturated heterocycles. The smallest absolute Gasteiger partial charge is 0.130 e. The van der Waals surface area contributed by atoms with Gasteiger partial charge in [-0.15, -0.1) is 0 Å². The van der Waals surface area contributed by atoms with Gasteiger partial charge in [0, 0.05) is 0 Å². The lowest BCUT2D eigenvalue weighted by Gasteiger charge is -2.06. The SMILES string of the molecule is Cc1c2c(c(C)c3c1=NCN=3)CC=C2. The molecule has 0 bridgehead atoms. The van der Waals surface area contributed by atoms with Gasteiger partial charge in [0.25, 0.3) is 0 Å². The lowest BCUT2D eigenvalue weighted by Crippen LogP contribution is -2.29. The van der Waals surface area contributed by atoms with Crippen LogP contribution >= 0.6 is 0 Å². The van der Waals surface area contributed by atoms with Crippen molar-refractivity contribution < 1.29 is 0 Å². The number of benzene rings is 1. The summed E-state index contributed by atoms with van der Waals surface area (Å²) in [7, 11) is 0. The van der Waals surface area contributed by atoms with Crippen LogP contribution < -0.4 is 10.7 Å². The normalized spacial score (nSPS) is 16.1. The zero-order chi connectivity index (χ0) is 9.71. The molecule has 3 rings (SSSR count). The first-order chi connectivity index (χ1) is 6.79. The van der Waals surface area contributed by atoms with Crippen LogP contribution in [0.4, 0.5) is 0 Å². The topological polar surface area (TPSA) is 24.7 Å². The Kier molecular flexibility index (Phi) is 1.43. The van der Waals surface area contributed by atoms with Gasteiger partial charge in [0.1, 0.15) is 6.67 Å². The van der Waals surface area contributed by atoms with E-state index in [1.54, 1.807) is 0 Å². The van der Waals surface area contributed by atoms with Crippen molar-refractivity contribution in [3.05, 3.63) is 39.0 Å². The molecule has 0 spiro atoms. The first-order valence-corrected chi connectivity index (χ1v) is 4.96. The lowest BCUT2D eigenvalue weighted by molar-refractivity contribution is 1.05. The van der Waals surface area contributed by atoms with Crippen molar-refractivity contribution in [3.8, 4) is 0 Å². The van der Waals surface area contributed by atoms with Crippen LogP contribution in [0.25, 0.3) is 6.08 Å². The highest BCUT2D eigenvalue weighted by molar-refractivity contribution is 5.64. The van der Waals surface area contributed by atoms with Crippen molar-refractivity contribution in [1.82, 2.24) is 0 Å². The molecule has 1 aliphatic carbocycles. The third-order valence-electron chi connectivity index (χ3n) is 3.18. The summed E-state index contributed by atoms with van der Waals surface area (Å²) in [6.07, 6.45) is 5.50. The fourth-order valence-corrected chi connectivity index (χ4v) is 2.40. The molecule has 2 nitrogen and oxygen atoms in total. The monoisotopic (exact) mass is 184 g/mol. The van der Waals surface area contributed by atoms with Crippen LogP contribution in [0.15, 0.2) is 16.1 Å². The molecule has 0 N–H and O–H groups in total. The predicted octanol–water partition coefficient (Wildman–Crippen LogP) is 1.08. The van der Waals surface area contributed by atoms with Gasteiger partial charge in [-0.05, 0) is 42.5 Å². The Hall–Kier alpha value is -1.44. The van der Waals surface area contributed by atoms with Crippen LogP contribution in [0, 0.1) is 13.8 Å². The Balaban J connectivity index is 2.57. The molecule has 0 atom stereocenters. The first kappa shape index (κ1) is 7.92. The molecule has 0 aromatic heterocycles. The molecule has 1 aliphatic heterocycles. The van der Waals surface area contributed by atoms with Gasteiger partial charge < -0.3 is 0 Å². The quantitative estimate of drug-likeness (QED) is 0.576. The maximum absolute atomic E-state index is 4.44. The van der Waals surface area contributed by atoms with Crippen molar-refractivity contribution >= 4 is 6.08 Å². The number of nitrogens with zero attached hydrogens (tertiary/aromatic N) is 2. The van der Waals surface area contributed by atoms with Gasteiger partial charge in [-0.2, -0.15) is 0 Å². The fourth-order valence-electron chi connectivity index (χ4n) is 2.40.